The minimum Gasteiger partial charge on any atom is -0.390 e. The van der Waals surface area contributed by atoms with Crippen molar-refractivity contribution in [3.63, 3.8) is 0 Å². The molecule has 3 saturated carbocycles. The number of rotatable bonds is 14. The van der Waals surface area contributed by atoms with Crippen LogP contribution in [0.4, 0.5) is 17.5 Å². The van der Waals surface area contributed by atoms with Gasteiger partial charge in [-0.1, -0.05) is 175 Å². The summed E-state index contributed by atoms with van der Waals surface area (Å²) in [5.74, 6) is 6.49. The van der Waals surface area contributed by atoms with Crippen molar-refractivity contribution in [2.45, 2.75) is 110 Å². The Morgan fingerprint density at radius 2 is 0.955 bits per heavy atom. The summed E-state index contributed by atoms with van der Waals surface area (Å²) in [5.41, 5.74) is 33.5. The van der Waals surface area contributed by atoms with E-state index in [0.717, 1.165) is 178 Å². The molecule has 22 nitrogen and oxygen atoms in total. The molecule has 1 amide bonds. The van der Waals surface area contributed by atoms with Gasteiger partial charge in [-0.15, -0.1) is 0 Å². The van der Waals surface area contributed by atoms with E-state index in [9.17, 15) is 9.90 Å². The smallest absolute Gasteiger partial charge is 0.209 e. The monoisotopic (exact) mass is 1510 g/mol. The SMILES string of the molecule is CC1(O)CC(c2nc(-c3ccc4c(c3)nc(-c3ccccc3)n4Cc3ccccc3)c3c(N)nccn23)C1.CN1CCN(C2CC(c3nc(C4=CC5N=C(c6ccccc6)SC5C=C4)c4c(N)nccn34)C2)CC1.Nc1nccn2c(C3CC(N4CCN(C=O)CC4)C3)nc(C3=CC4N=C(c5ccccc5)SC4C=C3)c12. The van der Waals surface area contributed by atoms with Crippen LogP contribution in [0.25, 0.3) is 61.4 Å². The Balaban J connectivity index is 0.000000112. The molecule has 9 aliphatic rings. The number of benzene rings is 5. The minimum atomic E-state index is -0.645. The van der Waals surface area contributed by atoms with Gasteiger partial charge < -0.3 is 36.7 Å². The number of amides is 1. The second-order valence-electron chi connectivity index (χ2n) is 31.1. The number of imidazole rings is 4. The highest BCUT2D eigenvalue weighted by molar-refractivity contribution is 8.15. The molecule has 0 radical (unpaired) electrons. The molecule has 5 aromatic carbocycles. The van der Waals surface area contributed by atoms with Gasteiger partial charge in [-0.05, 0) is 82.3 Å². The summed E-state index contributed by atoms with van der Waals surface area (Å²) >= 11 is 3.66. The number of carbonyl (C=O) groups is 1. The number of nitrogen functional groups attached to an aromatic ring is 3. The molecule has 4 atom stereocenters. The Kier molecular flexibility index (Phi) is 18.7. The first-order valence-corrected chi connectivity index (χ1v) is 40.5. The molecule has 21 rings (SSSR count). The zero-order chi connectivity index (χ0) is 75.0. The van der Waals surface area contributed by atoms with Crippen LogP contribution in [0.3, 0.4) is 0 Å². The van der Waals surface area contributed by atoms with Crippen molar-refractivity contribution < 1.29 is 9.90 Å². The van der Waals surface area contributed by atoms with E-state index in [0.29, 0.717) is 64.7 Å². The summed E-state index contributed by atoms with van der Waals surface area (Å²) in [6.45, 7) is 10.8. The Labute approximate surface area is 652 Å². The molecule has 7 N–H and O–H groups in total. The van der Waals surface area contributed by atoms with E-state index in [2.05, 4.69) is 190 Å². The molecule has 24 heteroatoms. The van der Waals surface area contributed by atoms with Crippen LogP contribution < -0.4 is 17.2 Å². The fourth-order valence-electron chi connectivity index (χ4n) is 17.6. The minimum absolute atomic E-state index is 0.0800. The largest absolute Gasteiger partial charge is 0.390 e. The lowest BCUT2D eigenvalue weighted by atomic mass is 9.72. The van der Waals surface area contributed by atoms with Gasteiger partial charge in [0.1, 0.15) is 63.0 Å². The van der Waals surface area contributed by atoms with Crippen molar-refractivity contribution in [1.82, 2.24) is 72.3 Å². The quantitative estimate of drug-likeness (QED) is 0.0738. The third-order valence-corrected chi connectivity index (χ3v) is 26.3. The highest BCUT2D eigenvalue weighted by Gasteiger charge is 2.44. The fourth-order valence-corrected chi connectivity index (χ4v) is 19.9. The highest BCUT2D eigenvalue weighted by Crippen LogP contribution is 2.48. The van der Waals surface area contributed by atoms with Gasteiger partial charge in [0.2, 0.25) is 6.41 Å². The number of aliphatic hydroxyl groups is 1. The van der Waals surface area contributed by atoms with E-state index in [1.165, 1.54) is 29.8 Å². The number of thioether (sulfide) groups is 2. The predicted molar refractivity (Wildman–Crippen MR) is 445 cm³/mol. The molecular formula is C87H88N20O2S2. The van der Waals surface area contributed by atoms with Gasteiger partial charge in [-0.2, -0.15) is 0 Å². The number of aliphatic imine (C=N–C) groups is 2. The lowest BCUT2D eigenvalue weighted by Gasteiger charge is -2.45. The highest BCUT2D eigenvalue weighted by atomic mass is 32.2. The van der Waals surface area contributed by atoms with Crippen molar-refractivity contribution >= 4 is 96.2 Å². The number of nitrogens with two attached hydrogens (primary N) is 3. The normalized spacial score (nSPS) is 25.0. The van der Waals surface area contributed by atoms with Crippen LogP contribution in [0.2, 0.25) is 0 Å². The number of nitrogens with zero attached hydrogens (tertiary/aromatic N) is 17. The number of hydrogen-bond acceptors (Lipinski definition) is 19. The molecule has 0 bridgehead atoms. The summed E-state index contributed by atoms with van der Waals surface area (Å²) in [5, 5.41) is 13.2. The standard InChI is InChI=1S/C31H28N6O.C28H29N7OS.C28H31N7S/c1-31(38)17-23(18-31)30-35-26(27-28(32)33-14-15-36(27)30)22-12-13-25-24(16-22)34-29(21-10-6-3-7-11-21)37(25)19-20-8-4-2-5-9-20;29-26-25-24(19-6-7-23-22(16-19)31-28(37-23)18-4-2-1-3-5-18)32-27(35(25)9-8-30-26)20-14-21(15-20)34-12-10-33(17-36)11-13-34;1-33-11-13-34(14-12-33)21-15-20(16-21)27-32-24(25-26(29)30-9-10-35(25)27)19-7-8-23-22(17-19)31-28(36-23)18-5-3-2-4-6-18/h2-16,23,38H,17-19H2,1H3,(H2,32,33);1-9,16-17,20-23H,10-15H2,(H2,29,30);2-10,17,20-23H,11-16H2,1H3,(H2,29,30). The molecule has 4 unspecified atom stereocenters. The number of aromatic nitrogens is 11. The molecule has 4 aliphatic heterocycles. The zero-order valence-corrected chi connectivity index (χ0v) is 63.7. The molecular weight excluding hydrogens is 1420 g/mol. The number of fused-ring (bicyclic) bond motifs is 6. The molecule has 2 saturated heterocycles. The number of allylic oxidation sites excluding steroid dienone is 4. The second-order valence-corrected chi connectivity index (χ2v) is 33.4. The maximum atomic E-state index is 11.0. The second kappa shape index (κ2) is 29.4. The molecule has 12 aromatic rings. The maximum absolute atomic E-state index is 11.0. The molecule has 560 valence electrons. The molecule has 111 heavy (non-hydrogen) atoms. The number of piperazine rings is 2. The Morgan fingerprint density at radius 1 is 0.514 bits per heavy atom. The first-order valence-electron chi connectivity index (χ1n) is 38.7. The van der Waals surface area contributed by atoms with Crippen LogP contribution >= 0.6 is 23.5 Å². The number of hydrogen-bond donors (Lipinski definition) is 4. The van der Waals surface area contributed by atoms with Crippen molar-refractivity contribution in [1.29, 1.82) is 0 Å². The van der Waals surface area contributed by atoms with E-state index < -0.39 is 5.60 Å². The van der Waals surface area contributed by atoms with Crippen LogP contribution in [0, 0.1) is 0 Å². The first-order chi connectivity index (χ1) is 54.3. The van der Waals surface area contributed by atoms with Crippen molar-refractivity contribution in [2.24, 2.45) is 9.98 Å². The molecule has 0 spiro atoms. The average molecular weight is 1510 g/mol. The first kappa shape index (κ1) is 70.5. The number of likely N-dealkylation sites (N-methyl/N-ethyl adjacent to an activating group) is 1. The zero-order valence-electron chi connectivity index (χ0n) is 62.1. The van der Waals surface area contributed by atoms with Gasteiger partial charge in [0, 0.05) is 159 Å². The average Bonchev–Trinajstić information content (AvgIpc) is 1.75. The summed E-state index contributed by atoms with van der Waals surface area (Å²) in [4.78, 5) is 64.4. The van der Waals surface area contributed by atoms with Gasteiger partial charge in [-0.25, -0.2) is 34.9 Å². The van der Waals surface area contributed by atoms with Crippen LogP contribution in [-0.2, 0) is 11.3 Å². The third kappa shape index (κ3) is 13.6. The van der Waals surface area contributed by atoms with E-state index in [4.69, 9.17) is 47.1 Å². The predicted octanol–water partition coefficient (Wildman–Crippen LogP) is 12.6. The Morgan fingerprint density at radius 3 is 1.43 bits per heavy atom. The van der Waals surface area contributed by atoms with Crippen LogP contribution in [0.5, 0.6) is 0 Å². The fraction of sp³-hybridized carbons (Fsp3) is 0.310. The van der Waals surface area contributed by atoms with Gasteiger partial charge in [-0.3, -0.25) is 37.8 Å². The number of anilines is 3. The topological polar surface area (TPSA) is 261 Å². The van der Waals surface area contributed by atoms with E-state index in [-0.39, 0.29) is 18.0 Å². The van der Waals surface area contributed by atoms with Gasteiger partial charge in [0.15, 0.2) is 0 Å². The summed E-state index contributed by atoms with van der Waals surface area (Å²) in [7, 11) is 2.21. The lowest BCUT2D eigenvalue weighted by Crippen LogP contribution is -2.53. The van der Waals surface area contributed by atoms with Gasteiger partial charge in [0.05, 0.1) is 60.7 Å². The van der Waals surface area contributed by atoms with Gasteiger partial charge in [0.25, 0.3) is 0 Å². The maximum Gasteiger partial charge on any atom is 0.209 e. The Hall–Kier alpha value is -10.9. The van der Waals surface area contributed by atoms with Crippen LogP contribution in [0.15, 0.2) is 223 Å². The van der Waals surface area contributed by atoms with Crippen molar-refractivity contribution in [3.8, 4) is 22.6 Å². The Bertz CT molecular complexity index is 5690. The van der Waals surface area contributed by atoms with Crippen molar-refractivity contribution in [2.75, 3.05) is 76.6 Å². The van der Waals surface area contributed by atoms with Gasteiger partial charge >= 0.3 is 0 Å². The summed E-state index contributed by atoms with van der Waals surface area (Å²) in [6, 6.07) is 49.3. The summed E-state index contributed by atoms with van der Waals surface area (Å²) in [6.07, 6.45) is 31.3. The van der Waals surface area contributed by atoms with Crippen molar-refractivity contribution in [3.05, 3.63) is 259 Å². The molecule has 5 aliphatic carbocycles. The lowest BCUT2D eigenvalue weighted by molar-refractivity contribution is -0.120. The van der Waals surface area contributed by atoms with E-state index >= 15 is 0 Å². The number of carbonyl (C=O) groups excluding carboxylic acids is 1. The molecule has 5 fully saturated rings. The van der Waals surface area contributed by atoms with E-state index in [1.54, 1.807) is 18.6 Å². The molecule has 7 aromatic heterocycles. The van der Waals surface area contributed by atoms with Crippen LogP contribution in [-0.4, -0.2) is 194 Å². The van der Waals surface area contributed by atoms with E-state index in [1.807, 2.05) is 94.7 Å². The molecule has 11 heterocycles. The summed E-state index contributed by atoms with van der Waals surface area (Å²) < 4.78 is 8.63. The van der Waals surface area contributed by atoms with Crippen LogP contribution in [0.1, 0.15) is 109 Å². The third-order valence-electron chi connectivity index (χ3n) is 23.8.